The maximum atomic E-state index is 6.00. The van der Waals surface area contributed by atoms with E-state index < -0.39 is 0 Å². The third-order valence-corrected chi connectivity index (χ3v) is 3.54. The Bertz CT molecular complexity index is 341. The molecule has 2 rings (SSSR count). The smallest absolute Gasteiger partial charge is 0.137 e. The molecule has 0 saturated carbocycles. The van der Waals surface area contributed by atoms with Crippen molar-refractivity contribution in [3.05, 3.63) is 24.8 Å². The van der Waals surface area contributed by atoms with Gasteiger partial charge in [0.05, 0.1) is 10.2 Å². The van der Waals surface area contributed by atoms with Crippen LogP contribution in [0.3, 0.4) is 0 Å². The molecule has 0 fully saturated rings. The molecule has 1 aromatic carbocycles. The number of fused-ring (bicyclic) bond motifs is 1. The van der Waals surface area contributed by atoms with E-state index in [9.17, 15) is 0 Å². The van der Waals surface area contributed by atoms with Gasteiger partial charge in [0.2, 0.25) is 0 Å². The van der Waals surface area contributed by atoms with Crippen LogP contribution in [0, 0.1) is 7.14 Å². The number of ether oxygens (including phenoxy) is 1. The van der Waals surface area contributed by atoms with E-state index in [1.165, 1.54) is 3.57 Å². The quantitative estimate of drug-likeness (QED) is 0.679. The van der Waals surface area contributed by atoms with Crippen LogP contribution in [0.15, 0.2) is 12.1 Å². The summed E-state index contributed by atoms with van der Waals surface area (Å²) in [7, 11) is 0. The molecular formula is C9H9I2NO. The van der Waals surface area contributed by atoms with Crippen molar-refractivity contribution >= 4 is 45.2 Å². The fraction of sp³-hybridized carbons (Fsp3) is 0.333. The van der Waals surface area contributed by atoms with Crippen LogP contribution >= 0.6 is 45.2 Å². The van der Waals surface area contributed by atoms with E-state index in [0.717, 1.165) is 27.9 Å². The van der Waals surface area contributed by atoms with Gasteiger partial charge in [0.15, 0.2) is 0 Å². The average Bonchev–Trinajstić information content (AvgIpc) is 2.07. The van der Waals surface area contributed by atoms with Crippen LogP contribution in [0.5, 0.6) is 5.75 Å². The summed E-state index contributed by atoms with van der Waals surface area (Å²) in [5.74, 6) is 0.986. The van der Waals surface area contributed by atoms with Crippen molar-refractivity contribution in [1.82, 2.24) is 0 Å². The minimum absolute atomic E-state index is 0.145. The first-order chi connectivity index (χ1) is 6.18. The Kier molecular flexibility index (Phi) is 2.99. The first kappa shape index (κ1) is 9.97. The molecule has 13 heavy (non-hydrogen) atoms. The largest absolute Gasteiger partial charge is 0.492 e. The topological polar surface area (TPSA) is 35.2 Å². The molecule has 0 spiro atoms. The predicted molar refractivity (Wildman–Crippen MR) is 68.9 cm³/mol. The Labute approximate surface area is 104 Å². The second-order valence-electron chi connectivity index (χ2n) is 3.05. The third kappa shape index (κ3) is 1.94. The van der Waals surface area contributed by atoms with Gasteiger partial charge in [-0.1, -0.05) is 0 Å². The molecule has 1 atom stereocenters. The van der Waals surface area contributed by atoms with Crippen molar-refractivity contribution in [1.29, 1.82) is 0 Å². The highest BCUT2D eigenvalue weighted by Gasteiger charge is 2.20. The Morgan fingerprint density at radius 3 is 2.92 bits per heavy atom. The standard InChI is InChI=1S/C9H9I2NO/c10-5-3-6-8(12)1-2-13-9(6)7(11)4-5/h3-4,8H,1-2,12H2. The van der Waals surface area contributed by atoms with Crippen LogP contribution < -0.4 is 10.5 Å². The Hall–Kier alpha value is 0.440. The summed E-state index contributed by atoms with van der Waals surface area (Å²) < 4.78 is 7.97. The minimum Gasteiger partial charge on any atom is -0.492 e. The number of hydrogen-bond acceptors (Lipinski definition) is 2. The minimum atomic E-state index is 0.145. The lowest BCUT2D eigenvalue weighted by Crippen LogP contribution is -2.21. The van der Waals surface area contributed by atoms with E-state index in [2.05, 4.69) is 57.3 Å². The van der Waals surface area contributed by atoms with Gasteiger partial charge in [0.25, 0.3) is 0 Å². The predicted octanol–water partition coefficient (Wildman–Crippen LogP) is 2.68. The van der Waals surface area contributed by atoms with Gasteiger partial charge in [-0.15, -0.1) is 0 Å². The molecule has 2 nitrogen and oxygen atoms in total. The van der Waals surface area contributed by atoms with Crippen LogP contribution in [0.4, 0.5) is 0 Å². The van der Waals surface area contributed by atoms with Gasteiger partial charge in [0, 0.05) is 21.6 Å². The van der Waals surface area contributed by atoms with Crippen molar-refractivity contribution in [3.8, 4) is 5.75 Å². The maximum Gasteiger partial charge on any atom is 0.137 e. The molecule has 0 aromatic heterocycles. The van der Waals surface area contributed by atoms with Crippen LogP contribution in [0.2, 0.25) is 0 Å². The number of benzene rings is 1. The second kappa shape index (κ2) is 3.90. The first-order valence-corrected chi connectivity index (χ1v) is 6.21. The molecule has 1 unspecified atom stereocenters. The molecule has 1 aliphatic rings. The number of rotatable bonds is 0. The molecule has 0 aliphatic carbocycles. The summed E-state index contributed by atoms with van der Waals surface area (Å²) in [6, 6.07) is 4.37. The summed E-state index contributed by atoms with van der Waals surface area (Å²) in [5.41, 5.74) is 7.15. The first-order valence-electron chi connectivity index (χ1n) is 4.06. The SMILES string of the molecule is NC1CCOc2c(I)cc(I)cc21. The number of nitrogens with two attached hydrogens (primary N) is 1. The molecule has 1 heterocycles. The van der Waals surface area contributed by atoms with E-state index in [4.69, 9.17) is 10.5 Å². The monoisotopic (exact) mass is 401 g/mol. The average molecular weight is 401 g/mol. The molecule has 0 amide bonds. The molecule has 1 aromatic rings. The lowest BCUT2D eigenvalue weighted by atomic mass is 10.0. The molecule has 4 heteroatoms. The van der Waals surface area contributed by atoms with Crippen LogP contribution in [-0.2, 0) is 0 Å². The molecular weight excluding hydrogens is 392 g/mol. The zero-order valence-corrected chi connectivity index (χ0v) is 11.2. The van der Waals surface area contributed by atoms with Gasteiger partial charge in [-0.05, 0) is 57.3 Å². The van der Waals surface area contributed by atoms with E-state index >= 15 is 0 Å². The normalized spacial score (nSPS) is 20.7. The molecule has 1 aliphatic heterocycles. The summed E-state index contributed by atoms with van der Waals surface area (Å²) in [6.07, 6.45) is 0.920. The van der Waals surface area contributed by atoms with Gasteiger partial charge in [-0.25, -0.2) is 0 Å². The van der Waals surface area contributed by atoms with Crippen molar-refractivity contribution in [2.45, 2.75) is 12.5 Å². The van der Waals surface area contributed by atoms with Crippen LogP contribution in [0.1, 0.15) is 18.0 Å². The molecule has 0 radical (unpaired) electrons. The van der Waals surface area contributed by atoms with Crippen molar-refractivity contribution in [2.24, 2.45) is 5.73 Å². The van der Waals surface area contributed by atoms with Gasteiger partial charge in [0.1, 0.15) is 5.75 Å². The van der Waals surface area contributed by atoms with E-state index in [1.54, 1.807) is 0 Å². The fourth-order valence-corrected chi connectivity index (χ4v) is 3.50. The summed E-state index contributed by atoms with van der Waals surface area (Å²) in [5, 5.41) is 0. The second-order valence-corrected chi connectivity index (χ2v) is 5.46. The Morgan fingerprint density at radius 1 is 1.38 bits per heavy atom. The zero-order valence-electron chi connectivity index (χ0n) is 6.89. The van der Waals surface area contributed by atoms with Crippen molar-refractivity contribution in [2.75, 3.05) is 6.61 Å². The molecule has 70 valence electrons. The van der Waals surface area contributed by atoms with Crippen molar-refractivity contribution < 1.29 is 4.74 Å². The summed E-state index contributed by atoms with van der Waals surface area (Å²) >= 11 is 4.60. The lowest BCUT2D eigenvalue weighted by molar-refractivity contribution is 0.267. The van der Waals surface area contributed by atoms with Gasteiger partial charge in [-0.3, -0.25) is 0 Å². The van der Waals surface area contributed by atoms with Gasteiger partial charge < -0.3 is 10.5 Å². The molecule has 0 bridgehead atoms. The van der Waals surface area contributed by atoms with Gasteiger partial charge in [-0.2, -0.15) is 0 Å². The van der Waals surface area contributed by atoms with E-state index in [-0.39, 0.29) is 6.04 Å². The van der Waals surface area contributed by atoms with E-state index in [1.807, 2.05) is 0 Å². The van der Waals surface area contributed by atoms with Crippen molar-refractivity contribution in [3.63, 3.8) is 0 Å². The van der Waals surface area contributed by atoms with E-state index in [0.29, 0.717) is 0 Å². The maximum absolute atomic E-state index is 6.00. The summed E-state index contributed by atoms with van der Waals surface area (Å²) in [4.78, 5) is 0. The van der Waals surface area contributed by atoms with Crippen LogP contribution in [0.25, 0.3) is 0 Å². The van der Waals surface area contributed by atoms with Crippen LogP contribution in [-0.4, -0.2) is 6.61 Å². The molecule has 2 N–H and O–H groups in total. The number of halogens is 2. The highest BCUT2D eigenvalue weighted by Crippen LogP contribution is 2.35. The summed E-state index contributed by atoms with van der Waals surface area (Å²) in [6.45, 7) is 0.741. The highest BCUT2D eigenvalue weighted by atomic mass is 127. The Balaban J connectivity index is 2.56. The highest BCUT2D eigenvalue weighted by molar-refractivity contribution is 14.1. The van der Waals surface area contributed by atoms with Gasteiger partial charge >= 0.3 is 0 Å². The molecule has 0 saturated heterocycles. The third-order valence-electron chi connectivity index (χ3n) is 2.11. The Morgan fingerprint density at radius 2 is 2.15 bits per heavy atom. The lowest BCUT2D eigenvalue weighted by Gasteiger charge is -2.24. The zero-order chi connectivity index (χ0) is 9.42. The fourth-order valence-electron chi connectivity index (χ4n) is 1.45. The number of hydrogen-bond donors (Lipinski definition) is 1.